The Morgan fingerprint density at radius 1 is 1.42 bits per heavy atom. The summed E-state index contributed by atoms with van der Waals surface area (Å²) in [6, 6.07) is 6.57. The van der Waals surface area contributed by atoms with Gasteiger partial charge in [0.05, 0.1) is 11.7 Å². The van der Waals surface area contributed by atoms with Crippen molar-refractivity contribution >= 4 is 11.9 Å². The number of amides is 1. The summed E-state index contributed by atoms with van der Waals surface area (Å²) >= 11 is 0. The van der Waals surface area contributed by atoms with Gasteiger partial charge in [0.2, 0.25) is 5.91 Å². The molecule has 0 aliphatic heterocycles. The van der Waals surface area contributed by atoms with Crippen molar-refractivity contribution in [3.63, 3.8) is 0 Å². The first-order valence-corrected chi connectivity index (χ1v) is 6.23. The highest BCUT2D eigenvalue weighted by molar-refractivity contribution is 5.87. The van der Waals surface area contributed by atoms with Gasteiger partial charge in [0.15, 0.2) is 0 Å². The Balaban J connectivity index is 1.84. The highest BCUT2D eigenvalue weighted by Crippen LogP contribution is 2.29. The molecule has 1 amide bonds. The largest absolute Gasteiger partial charge is 0.478 e. The first kappa shape index (κ1) is 13.5. The summed E-state index contributed by atoms with van der Waals surface area (Å²) in [5.41, 5.74) is 1.02. The molecule has 0 spiro atoms. The zero-order valence-electron chi connectivity index (χ0n) is 10.8. The molecule has 102 valence electrons. The average Bonchev–Trinajstić information content (AvgIpc) is 2.35. The van der Waals surface area contributed by atoms with Gasteiger partial charge in [0.25, 0.3) is 0 Å². The van der Waals surface area contributed by atoms with Gasteiger partial charge in [-0.1, -0.05) is 12.1 Å². The van der Waals surface area contributed by atoms with Crippen LogP contribution >= 0.6 is 0 Å². The maximum absolute atomic E-state index is 11.8. The van der Waals surface area contributed by atoms with Gasteiger partial charge in [-0.3, -0.25) is 4.79 Å². The molecule has 2 rings (SSSR count). The molecule has 0 atom stereocenters. The van der Waals surface area contributed by atoms with Crippen LogP contribution < -0.4 is 5.32 Å². The molecule has 0 radical (unpaired) electrons. The highest BCUT2D eigenvalue weighted by Gasteiger charge is 2.34. The van der Waals surface area contributed by atoms with Crippen molar-refractivity contribution in [3.8, 4) is 0 Å². The van der Waals surface area contributed by atoms with Crippen molar-refractivity contribution in [2.75, 3.05) is 7.11 Å². The van der Waals surface area contributed by atoms with Crippen LogP contribution in [-0.4, -0.2) is 30.2 Å². The molecule has 19 heavy (non-hydrogen) atoms. The van der Waals surface area contributed by atoms with Crippen LogP contribution in [0.3, 0.4) is 0 Å². The van der Waals surface area contributed by atoms with E-state index in [0.29, 0.717) is 6.54 Å². The number of benzene rings is 1. The Morgan fingerprint density at radius 2 is 2.16 bits per heavy atom. The SMILES string of the molecule is COC1CC(C(=O)NCc2cccc(C(=O)O)c2)C1. The fourth-order valence-corrected chi connectivity index (χ4v) is 2.12. The van der Waals surface area contributed by atoms with E-state index < -0.39 is 5.97 Å². The Labute approximate surface area is 111 Å². The van der Waals surface area contributed by atoms with Crippen molar-refractivity contribution in [3.05, 3.63) is 35.4 Å². The lowest BCUT2D eigenvalue weighted by atomic mass is 9.81. The summed E-state index contributed by atoms with van der Waals surface area (Å²) < 4.78 is 5.13. The molecule has 2 N–H and O–H groups in total. The first-order chi connectivity index (χ1) is 9.10. The van der Waals surface area contributed by atoms with Crippen molar-refractivity contribution in [2.24, 2.45) is 5.92 Å². The van der Waals surface area contributed by atoms with E-state index in [9.17, 15) is 9.59 Å². The molecule has 5 heteroatoms. The number of hydrogen-bond donors (Lipinski definition) is 2. The number of methoxy groups -OCH3 is 1. The molecule has 1 aromatic carbocycles. The predicted octanol–water partition coefficient (Wildman–Crippen LogP) is 1.43. The minimum absolute atomic E-state index is 0.00836. The lowest BCUT2D eigenvalue weighted by Gasteiger charge is -2.32. The van der Waals surface area contributed by atoms with E-state index in [-0.39, 0.29) is 23.5 Å². The van der Waals surface area contributed by atoms with E-state index in [4.69, 9.17) is 9.84 Å². The lowest BCUT2D eigenvalue weighted by molar-refractivity contribution is -0.132. The molecule has 0 aromatic heterocycles. The van der Waals surface area contributed by atoms with E-state index in [1.54, 1.807) is 25.3 Å². The smallest absolute Gasteiger partial charge is 0.335 e. The quantitative estimate of drug-likeness (QED) is 0.842. The average molecular weight is 263 g/mol. The standard InChI is InChI=1S/C14H17NO4/c1-19-12-6-11(7-12)13(16)15-8-9-3-2-4-10(5-9)14(17)18/h2-5,11-12H,6-8H2,1H3,(H,15,16)(H,17,18). The second-order valence-corrected chi connectivity index (χ2v) is 4.75. The van der Waals surface area contributed by atoms with E-state index >= 15 is 0 Å². The summed E-state index contributed by atoms with van der Waals surface area (Å²) in [5, 5.41) is 11.7. The van der Waals surface area contributed by atoms with Crippen LogP contribution in [0.25, 0.3) is 0 Å². The van der Waals surface area contributed by atoms with Gasteiger partial charge in [-0.15, -0.1) is 0 Å². The minimum Gasteiger partial charge on any atom is -0.478 e. The third-order valence-electron chi connectivity index (χ3n) is 3.44. The van der Waals surface area contributed by atoms with Gasteiger partial charge in [-0.05, 0) is 30.5 Å². The third-order valence-corrected chi connectivity index (χ3v) is 3.44. The normalized spacial score (nSPS) is 21.5. The van der Waals surface area contributed by atoms with Crippen LogP contribution in [0.2, 0.25) is 0 Å². The van der Waals surface area contributed by atoms with Gasteiger partial charge in [-0.25, -0.2) is 4.79 Å². The summed E-state index contributed by atoms with van der Waals surface area (Å²) in [5.74, 6) is -0.934. The maximum atomic E-state index is 11.8. The Bertz CT molecular complexity index is 480. The number of carboxylic acid groups (broad SMARTS) is 1. The van der Waals surface area contributed by atoms with Crippen molar-refractivity contribution in [1.82, 2.24) is 5.32 Å². The van der Waals surface area contributed by atoms with Gasteiger partial charge in [0, 0.05) is 19.6 Å². The second kappa shape index (κ2) is 5.84. The van der Waals surface area contributed by atoms with Crippen molar-refractivity contribution in [2.45, 2.75) is 25.5 Å². The number of carbonyl (C=O) groups is 2. The number of hydrogen-bond acceptors (Lipinski definition) is 3. The number of carbonyl (C=O) groups excluding carboxylic acids is 1. The van der Waals surface area contributed by atoms with Crippen molar-refractivity contribution < 1.29 is 19.4 Å². The van der Waals surface area contributed by atoms with Crippen LogP contribution in [0, 0.1) is 5.92 Å². The predicted molar refractivity (Wildman–Crippen MR) is 68.8 cm³/mol. The molecule has 5 nitrogen and oxygen atoms in total. The molecule has 0 bridgehead atoms. The summed E-state index contributed by atoms with van der Waals surface area (Å²) in [6.07, 6.45) is 1.72. The van der Waals surface area contributed by atoms with Crippen LogP contribution in [0.1, 0.15) is 28.8 Å². The molecule has 0 saturated heterocycles. The van der Waals surface area contributed by atoms with Crippen LogP contribution in [0.4, 0.5) is 0 Å². The summed E-state index contributed by atoms with van der Waals surface area (Å²) in [7, 11) is 1.65. The van der Waals surface area contributed by atoms with Gasteiger partial charge in [-0.2, -0.15) is 0 Å². The first-order valence-electron chi connectivity index (χ1n) is 6.23. The molecule has 1 aliphatic rings. The van der Waals surface area contributed by atoms with Gasteiger partial charge >= 0.3 is 5.97 Å². The fourth-order valence-electron chi connectivity index (χ4n) is 2.12. The molecular weight excluding hydrogens is 246 g/mol. The third kappa shape index (κ3) is 3.32. The van der Waals surface area contributed by atoms with E-state index in [1.807, 2.05) is 0 Å². The Hall–Kier alpha value is -1.88. The van der Waals surface area contributed by atoms with Crippen LogP contribution in [0.15, 0.2) is 24.3 Å². The Kier molecular flexibility index (Phi) is 4.16. The highest BCUT2D eigenvalue weighted by atomic mass is 16.5. The molecule has 1 fully saturated rings. The maximum Gasteiger partial charge on any atom is 0.335 e. The second-order valence-electron chi connectivity index (χ2n) is 4.75. The number of rotatable bonds is 5. The zero-order valence-corrected chi connectivity index (χ0v) is 10.8. The topological polar surface area (TPSA) is 75.6 Å². The zero-order chi connectivity index (χ0) is 13.8. The minimum atomic E-state index is -0.963. The monoisotopic (exact) mass is 263 g/mol. The van der Waals surface area contributed by atoms with Crippen molar-refractivity contribution in [1.29, 1.82) is 0 Å². The molecular formula is C14H17NO4. The fraction of sp³-hybridized carbons (Fsp3) is 0.429. The number of carboxylic acids is 1. The molecule has 1 saturated carbocycles. The molecule has 1 aromatic rings. The van der Waals surface area contributed by atoms with E-state index in [2.05, 4.69) is 5.32 Å². The van der Waals surface area contributed by atoms with Crippen LogP contribution in [-0.2, 0) is 16.1 Å². The number of nitrogens with one attached hydrogen (secondary N) is 1. The number of aromatic carboxylic acids is 1. The van der Waals surface area contributed by atoms with Gasteiger partial charge in [0.1, 0.15) is 0 Å². The van der Waals surface area contributed by atoms with E-state index in [0.717, 1.165) is 18.4 Å². The lowest BCUT2D eigenvalue weighted by Crippen LogP contribution is -2.41. The Morgan fingerprint density at radius 3 is 2.79 bits per heavy atom. The number of ether oxygens (including phenoxy) is 1. The van der Waals surface area contributed by atoms with E-state index in [1.165, 1.54) is 6.07 Å². The summed E-state index contributed by atoms with van der Waals surface area (Å²) in [6.45, 7) is 0.355. The molecule has 0 unspecified atom stereocenters. The molecule has 0 heterocycles. The van der Waals surface area contributed by atoms with Gasteiger partial charge < -0.3 is 15.2 Å². The van der Waals surface area contributed by atoms with Crippen LogP contribution in [0.5, 0.6) is 0 Å². The summed E-state index contributed by atoms with van der Waals surface area (Å²) in [4.78, 5) is 22.6. The molecule has 1 aliphatic carbocycles.